The van der Waals surface area contributed by atoms with E-state index in [1.54, 1.807) is 24.4 Å². The third-order valence-corrected chi connectivity index (χ3v) is 5.36. The van der Waals surface area contributed by atoms with Crippen molar-refractivity contribution < 1.29 is 14.3 Å². The molecule has 0 radical (unpaired) electrons. The van der Waals surface area contributed by atoms with E-state index < -0.39 is 11.5 Å². The van der Waals surface area contributed by atoms with Gasteiger partial charge in [0.05, 0.1) is 11.8 Å². The number of pyridine rings is 1. The number of carbonyl (C=O) groups is 1. The number of aromatic nitrogens is 1. The summed E-state index contributed by atoms with van der Waals surface area (Å²) in [6.45, 7) is 2.55. The zero-order chi connectivity index (χ0) is 20.3. The first-order chi connectivity index (χ1) is 13.3. The van der Waals surface area contributed by atoms with Crippen LogP contribution in [0.25, 0.3) is 0 Å². The number of benzene rings is 1. The molecule has 1 fully saturated rings. The molecule has 28 heavy (non-hydrogen) atoms. The summed E-state index contributed by atoms with van der Waals surface area (Å²) in [4.78, 5) is 19.7. The van der Waals surface area contributed by atoms with Crippen molar-refractivity contribution in [1.82, 2.24) is 14.8 Å². The largest absolute Gasteiger partial charge is 0.385 e. The molecule has 3 N–H and O–H groups in total. The Balaban J connectivity index is 1.84. The lowest BCUT2D eigenvalue weighted by atomic mass is 9.75. The van der Waals surface area contributed by atoms with E-state index in [1.165, 1.54) is 12.3 Å². The number of amides is 1. The molecule has 1 aromatic carbocycles. The molecule has 2 aromatic rings. The van der Waals surface area contributed by atoms with Gasteiger partial charge in [-0.15, -0.1) is 0 Å². The number of hydrogen-bond acceptors (Lipinski definition) is 5. The standard InChI is InChI=1S/C21H27FN4O2/c1-25(2)13-18-14-26(12-15-8-19(22)11-24-10-15)7-6-21(18,28)17-5-3-4-16(9-17)20(23)27/h3-5,8-11,18,28H,6-7,12-14H2,1-2H3,(H2,23,27)/t18-,21-/m1/s1. The van der Waals surface area contributed by atoms with Crippen LogP contribution < -0.4 is 5.73 Å². The second-order valence-electron chi connectivity index (χ2n) is 7.82. The van der Waals surface area contributed by atoms with E-state index in [1.807, 2.05) is 25.1 Å². The van der Waals surface area contributed by atoms with Gasteiger partial charge in [0.1, 0.15) is 5.82 Å². The summed E-state index contributed by atoms with van der Waals surface area (Å²) < 4.78 is 13.5. The number of hydrogen-bond donors (Lipinski definition) is 2. The zero-order valence-corrected chi connectivity index (χ0v) is 16.3. The Bertz CT molecular complexity index is 845. The molecule has 0 bridgehead atoms. The van der Waals surface area contributed by atoms with Gasteiger partial charge in [-0.25, -0.2) is 4.39 Å². The molecule has 1 aliphatic rings. The quantitative estimate of drug-likeness (QED) is 0.788. The fraction of sp³-hybridized carbons (Fsp3) is 0.429. The molecule has 7 heteroatoms. The lowest BCUT2D eigenvalue weighted by Gasteiger charge is -2.46. The molecule has 0 saturated carbocycles. The molecular formula is C21H27FN4O2. The summed E-state index contributed by atoms with van der Waals surface area (Å²) >= 11 is 0. The highest BCUT2D eigenvalue weighted by atomic mass is 19.1. The van der Waals surface area contributed by atoms with Crippen LogP contribution in [0.1, 0.15) is 27.9 Å². The summed E-state index contributed by atoms with van der Waals surface area (Å²) in [6.07, 6.45) is 3.37. The number of carbonyl (C=O) groups excluding carboxylic acids is 1. The van der Waals surface area contributed by atoms with Crippen molar-refractivity contribution in [1.29, 1.82) is 0 Å². The number of primary amides is 1. The molecule has 1 amide bonds. The summed E-state index contributed by atoms with van der Waals surface area (Å²) in [5, 5.41) is 11.6. The minimum Gasteiger partial charge on any atom is -0.385 e. The average molecular weight is 386 g/mol. The maximum Gasteiger partial charge on any atom is 0.248 e. The second kappa shape index (κ2) is 8.34. The summed E-state index contributed by atoms with van der Waals surface area (Å²) in [5.74, 6) is -0.939. The third-order valence-electron chi connectivity index (χ3n) is 5.36. The van der Waals surface area contributed by atoms with E-state index in [0.717, 1.165) is 5.56 Å². The first-order valence-corrected chi connectivity index (χ1v) is 9.37. The van der Waals surface area contributed by atoms with Crippen molar-refractivity contribution in [2.75, 3.05) is 33.7 Å². The monoisotopic (exact) mass is 386 g/mol. The van der Waals surface area contributed by atoms with E-state index in [-0.39, 0.29) is 11.7 Å². The first kappa shape index (κ1) is 20.4. The molecule has 2 heterocycles. The van der Waals surface area contributed by atoms with Crippen LogP contribution in [-0.4, -0.2) is 59.5 Å². The highest BCUT2D eigenvalue weighted by molar-refractivity contribution is 5.92. The topological polar surface area (TPSA) is 82.7 Å². The molecule has 150 valence electrons. The van der Waals surface area contributed by atoms with E-state index in [2.05, 4.69) is 9.88 Å². The van der Waals surface area contributed by atoms with Crippen LogP contribution in [0.3, 0.4) is 0 Å². The van der Waals surface area contributed by atoms with Gasteiger partial charge in [-0.3, -0.25) is 14.7 Å². The van der Waals surface area contributed by atoms with Crippen molar-refractivity contribution in [3.8, 4) is 0 Å². The molecule has 1 aromatic heterocycles. The maximum absolute atomic E-state index is 13.5. The van der Waals surface area contributed by atoms with Crippen LogP contribution in [0.2, 0.25) is 0 Å². The lowest BCUT2D eigenvalue weighted by Crippen LogP contribution is -2.52. The molecule has 6 nitrogen and oxygen atoms in total. The van der Waals surface area contributed by atoms with E-state index in [9.17, 15) is 14.3 Å². The van der Waals surface area contributed by atoms with Crippen molar-refractivity contribution in [2.45, 2.75) is 18.6 Å². The van der Waals surface area contributed by atoms with E-state index in [0.29, 0.717) is 43.7 Å². The normalized spacial score (nSPS) is 23.1. The zero-order valence-electron chi connectivity index (χ0n) is 16.3. The molecule has 1 aliphatic heterocycles. The van der Waals surface area contributed by atoms with Crippen LogP contribution >= 0.6 is 0 Å². The van der Waals surface area contributed by atoms with E-state index in [4.69, 9.17) is 5.73 Å². The Morgan fingerprint density at radius 1 is 1.39 bits per heavy atom. The van der Waals surface area contributed by atoms with Crippen molar-refractivity contribution >= 4 is 5.91 Å². The number of halogens is 1. The minimum atomic E-state index is -1.06. The van der Waals surface area contributed by atoms with Crippen molar-refractivity contribution in [3.05, 3.63) is 65.2 Å². The SMILES string of the molecule is CN(C)C[C@@H]1CN(Cc2cncc(F)c2)CC[C@@]1(O)c1cccc(C(N)=O)c1. The average Bonchev–Trinajstić information content (AvgIpc) is 2.64. The number of nitrogens with zero attached hydrogens (tertiary/aromatic N) is 3. The molecular weight excluding hydrogens is 359 g/mol. The summed E-state index contributed by atoms with van der Waals surface area (Å²) in [7, 11) is 3.94. The Morgan fingerprint density at radius 2 is 2.18 bits per heavy atom. The van der Waals surface area contributed by atoms with Gasteiger partial charge in [0.15, 0.2) is 0 Å². The number of aliphatic hydroxyl groups is 1. The van der Waals surface area contributed by atoms with Gasteiger partial charge < -0.3 is 15.7 Å². The number of likely N-dealkylation sites (tertiary alicyclic amines) is 1. The molecule has 1 saturated heterocycles. The molecule has 0 spiro atoms. The maximum atomic E-state index is 13.5. The Morgan fingerprint density at radius 3 is 2.86 bits per heavy atom. The molecule has 0 unspecified atom stereocenters. The fourth-order valence-electron chi connectivity index (χ4n) is 4.00. The highest BCUT2D eigenvalue weighted by Gasteiger charge is 2.43. The van der Waals surface area contributed by atoms with Gasteiger partial charge in [0, 0.05) is 43.9 Å². The van der Waals surface area contributed by atoms with Crippen LogP contribution in [0.4, 0.5) is 4.39 Å². The van der Waals surface area contributed by atoms with Crippen LogP contribution in [0, 0.1) is 11.7 Å². The summed E-state index contributed by atoms with van der Waals surface area (Å²) in [5.41, 5.74) is 6.27. The van der Waals surface area contributed by atoms with Gasteiger partial charge in [0.2, 0.25) is 5.91 Å². The van der Waals surface area contributed by atoms with Crippen molar-refractivity contribution in [2.24, 2.45) is 11.7 Å². The predicted molar refractivity (Wildman–Crippen MR) is 105 cm³/mol. The number of rotatable bonds is 6. The number of piperidine rings is 1. The van der Waals surface area contributed by atoms with Crippen LogP contribution in [0.15, 0.2) is 42.7 Å². The number of nitrogens with two attached hydrogens (primary N) is 1. The summed E-state index contributed by atoms with van der Waals surface area (Å²) in [6, 6.07) is 8.44. The third kappa shape index (κ3) is 4.55. The van der Waals surface area contributed by atoms with Gasteiger partial charge in [-0.2, -0.15) is 0 Å². The Hall–Kier alpha value is -2.35. The van der Waals surface area contributed by atoms with Gasteiger partial charge in [0.25, 0.3) is 0 Å². The smallest absolute Gasteiger partial charge is 0.248 e. The predicted octanol–water partition coefficient (Wildman–Crippen LogP) is 1.59. The molecule has 3 rings (SSSR count). The Kier molecular flexibility index (Phi) is 6.07. The molecule has 2 atom stereocenters. The van der Waals surface area contributed by atoms with Gasteiger partial charge in [-0.1, -0.05) is 12.1 Å². The van der Waals surface area contributed by atoms with E-state index >= 15 is 0 Å². The molecule has 0 aliphatic carbocycles. The van der Waals surface area contributed by atoms with Crippen molar-refractivity contribution in [3.63, 3.8) is 0 Å². The Labute approximate surface area is 164 Å². The second-order valence-corrected chi connectivity index (χ2v) is 7.82. The fourth-order valence-corrected chi connectivity index (χ4v) is 4.00. The highest BCUT2D eigenvalue weighted by Crippen LogP contribution is 2.38. The van der Waals surface area contributed by atoms with Gasteiger partial charge in [-0.05, 0) is 49.8 Å². The minimum absolute atomic E-state index is 0.0825. The lowest BCUT2D eigenvalue weighted by molar-refractivity contribution is -0.0862. The van der Waals surface area contributed by atoms with Crippen LogP contribution in [-0.2, 0) is 12.1 Å². The first-order valence-electron chi connectivity index (χ1n) is 9.37. The van der Waals surface area contributed by atoms with Crippen LogP contribution in [0.5, 0.6) is 0 Å². The van der Waals surface area contributed by atoms with Gasteiger partial charge >= 0.3 is 0 Å².